The average Bonchev–Trinajstić information content (AvgIpc) is 2.55. The smallest absolute Gasteiger partial charge is 0.224 e. The maximum Gasteiger partial charge on any atom is 0.224 e. The van der Waals surface area contributed by atoms with Gasteiger partial charge >= 0.3 is 0 Å². The summed E-state index contributed by atoms with van der Waals surface area (Å²) in [6.45, 7) is 2.67. The highest BCUT2D eigenvalue weighted by Crippen LogP contribution is 2.25. The van der Waals surface area contributed by atoms with E-state index >= 15 is 0 Å². The number of fused-ring (bicyclic) bond motifs is 1. The Labute approximate surface area is 138 Å². The van der Waals surface area contributed by atoms with Crippen LogP contribution in [0.1, 0.15) is 17.5 Å². The summed E-state index contributed by atoms with van der Waals surface area (Å²) in [6, 6.07) is 8.42. The molecule has 0 radical (unpaired) electrons. The first-order valence-electron chi connectivity index (χ1n) is 7.46. The Morgan fingerprint density at radius 1 is 1.27 bits per heavy atom. The molecule has 2 heterocycles. The lowest BCUT2D eigenvalue weighted by Crippen LogP contribution is -2.31. The standard InChI is InChI=1S/C16H19BrN4O/c17-14-3-2-12-5-8-21(11-13(12)10-14)15-4-7-19-16(20-15)18-6-1-9-22/h2-4,7,10,22H,1,5-6,8-9,11H2,(H,18,19,20). The molecule has 0 bridgehead atoms. The molecule has 2 aromatic rings. The zero-order chi connectivity index (χ0) is 15.4. The molecule has 0 fully saturated rings. The van der Waals surface area contributed by atoms with Crippen molar-refractivity contribution in [2.75, 3.05) is 29.9 Å². The Bertz CT molecular complexity index is 650. The molecule has 116 valence electrons. The van der Waals surface area contributed by atoms with Crippen molar-refractivity contribution >= 4 is 27.7 Å². The van der Waals surface area contributed by atoms with E-state index in [4.69, 9.17) is 5.11 Å². The van der Waals surface area contributed by atoms with Crippen molar-refractivity contribution in [3.05, 3.63) is 46.1 Å². The first-order valence-corrected chi connectivity index (χ1v) is 8.25. The predicted octanol–water partition coefficient (Wildman–Crippen LogP) is 2.60. The Kier molecular flexibility index (Phi) is 4.90. The van der Waals surface area contributed by atoms with Crippen molar-refractivity contribution in [2.45, 2.75) is 19.4 Å². The van der Waals surface area contributed by atoms with Gasteiger partial charge in [0.1, 0.15) is 5.82 Å². The molecular weight excluding hydrogens is 344 g/mol. The van der Waals surface area contributed by atoms with Crippen LogP contribution in [0.15, 0.2) is 34.9 Å². The van der Waals surface area contributed by atoms with Gasteiger partial charge < -0.3 is 15.3 Å². The molecule has 0 aliphatic carbocycles. The third-order valence-electron chi connectivity index (χ3n) is 3.76. The van der Waals surface area contributed by atoms with E-state index < -0.39 is 0 Å². The minimum atomic E-state index is 0.171. The second-order valence-corrected chi connectivity index (χ2v) is 6.24. The number of nitrogens with zero attached hydrogens (tertiary/aromatic N) is 3. The quantitative estimate of drug-likeness (QED) is 0.800. The molecule has 5 nitrogen and oxygen atoms in total. The van der Waals surface area contributed by atoms with Crippen LogP contribution < -0.4 is 10.2 Å². The van der Waals surface area contributed by atoms with Gasteiger partial charge in [-0.05, 0) is 42.2 Å². The molecule has 3 rings (SSSR count). The third kappa shape index (κ3) is 3.56. The first-order chi connectivity index (χ1) is 10.8. The van der Waals surface area contributed by atoms with Crippen LogP contribution >= 0.6 is 15.9 Å². The van der Waals surface area contributed by atoms with Gasteiger partial charge in [0, 0.05) is 36.9 Å². The molecule has 1 aliphatic rings. The van der Waals surface area contributed by atoms with Gasteiger partial charge in [0.2, 0.25) is 5.95 Å². The number of rotatable bonds is 5. The van der Waals surface area contributed by atoms with Crippen LogP contribution in [-0.2, 0) is 13.0 Å². The van der Waals surface area contributed by atoms with Gasteiger partial charge in [0.05, 0.1) is 0 Å². The van der Waals surface area contributed by atoms with E-state index in [2.05, 4.69) is 54.3 Å². The normalized spacial score (nSPS) is 13.8. The zero-order valence-corrected chi connectivity index (χ0v) is 13.9. The van der Waals surface area contributed by atoms with Crippen molar-refractivity contribution in [3.63, 3.8) is 0 Å². The van der Waals surface area contributed by atoms with E-state index in [-0.39, 0.29) is 6.61 Å². The summed E-state index contributed by atoms with van der Waals surface area (Å²) in [5.41, 5.74) is 2.75. The lowest BCUT2D eigenvalue weighted by Gasteiger charge is -2.30. The van der Waals surface area contributed by atoms with Crippen LogP contribution in [0.4, 0.5) is 11.8 Å². The number of aliphatic hydroxyl groups is 1. The van der Waals surface area contributed by atoms with E-state index in [1.165, 1.54) is 11.1 Å². The van der Waals surface area contributed by atoms with Gasteiger partial charge in [-0.3, -0.25) is 0 Å². The topological polar surface area (TPSA) is 61.3 Å². The lowest BCUT2D eigenvalue weighted by molar-refractivity contribution is 0.292. The fourth-order valence-corrected chi connectivity index (χ4v) is 3.02. The fraction of sp³-hybridized carbons (Fsp3) is 0.375. The molecule has 22 heavy (non-hydrogen) atoms. The van der Waals surface area contributed by atoms with Crippen LogP contribution in [0.25, 0.3) is 0 Å². The lowest BCUT2D eigenvalue weighted by atomic mass is 10.00. The molecule has 1 aliphatic heterocycles. The van der Waals surface area contributed by atoms with E-state index in [1.54, 1.807) is 6.20 Å². The summed E-state index contributed by atoms with van der Waals surface area (Å²) in [5, 5.41) is 12.0. The van der Waals surface area contributed by atoms with Gasteiger partial charge in [0.25, 0.3) is 0 Å². The molecule has 0 atom stereocenters. The molecule has 1 aromatic heterocycles. The van der Waals surface area contributed by atoms with Crippen LogP contribution in [0.2, 0.25) is 0 Å². The summed E-state index contributed by atoms with van der Waals surface area (Å²) in [4.78, 5) is 11.1. The van der Waals surface area contributed by atoms with Crippen molar-refractivity contribution in [2.24, 2.45) is 0 Å². The summed E-state index contributed by atoms with van der Waals surface area (Å²) in [5.74, 6) is 1.55. The molecule has 0 amide bonds. The molecule has 0 saturated carbocycles. The van der Waals surface area contributed by atoms with Crippen molar-refractivity contribution < 1.29 is 5.11 Å². The summed E-state index contributed by atoms with van der Waals surface area (Å²) in [7, 11) is 0. The number of aromatic nitrogens is 2. The van der Waals surface area contributed by atoms with Crippen molar-refractivity contribution in [1.29, 1.82) is 0 Å². The van der Waals surface area contributed by atoms with Crippen LogP contribution in [0.5, 0.6) is 0 Å². The minimum Gasteiger partial charge on any atom is -0.396 e. The van der Waals surface area contributed by atoms with Crippen LogP contribution in [-0.4, -0.2) is 34.8 Å². The molecule has 1 aromatic carbocycles. The Balaban J connectivity index is 1.73. The maximum atomic E-state index is 8.83. The highest BCUT2D eigenvalue weighted by Gasteiger charge is 2.18. The van der Waals surface area contributed by atoms with Crippen LogP contribution in [0.3, 0.4) is 0 Å². The van der Waals surface area contributed by atoms with E-state index in [9.17, 15) is 0 Å². The summed E-state index contributed by atoms with van der Waals surface area (Å²) in [6.07, 6.45) is 3.50. The van der Waals surface area contributed by atoms with E-state index in [0.717, 1.165) is 29.8 Å². The van der Waals surface area contributed by atoms with Gasteiger partial charge in [-0.2, -0.15) is 4.98 Å². The highest BCUT2D eigenvalue weighted by atomic mass is 79.9. The van der Waals surface area contributed by atoms with Crippen molar-refractivity contribution in [1.82, 2.24) is 9.97 Å². The molecule has 0 saturated heterocycles. The minimum absolute atomic E-state index is 0.171. The van der Waals surface area contributed by atoms with Gasteiger partial charge in [-0.1, -0.05) is 22.0 Å². The highest BCUT2D eigenvalue weighted by molar-refractivity contribution is 9.10. The number of anilines is 2. The second-order valence-electron chi connectivity index (χ2n) is 5.33. The maximum absolute atomic E-state index is 8.83. The predicted molar refractivity (Wildman–Crippen MR) is 91.1 cm³/mol. The Morgan fingerprint density at radius 2 is 2.18 bits per heavy atom. The van der Waals surface area contributed by atoms with Gasteiger partial charge in [-0.25, -0.2) is 4.98 Å². The SMILES string of the molecule is OCCCNc1nccc(N2CCc3ccc(Br)cc3C2)n1. The molecule has 6 heteroatoms. The number of nitrogens with one attached hydrogen (secondary N) is 1. The Hall–Kier alpha value is -1.66. The number of halogens is 1. The average molecular weight is 363 g/mol. The summed E-state index contributed by atoms with van der Waals surface area (Å²) < 4.78 is 1.11. The Morgan fingerprint density at radius 3 is 3.05 bits per heavy atom. The van der Waals surface area contributed by atoms with Crippen molar-refractivity contribution in [3.8, 4) is 0 Å². The molecular formula is C16H19BrN4O. The van der Waals surface area contributed by atoms with Gasteiger partial charge in [0.15, 0.2) is 0 Å². The van der Waals surface area contributed by atoms with E-state index in [1.807, 2.05) is 6.07 Å². The number of benzene rings is 1. The molecule has 2 N–H and O–H groups in total. The van der Waals surface area contributed by atoms with E-state index in [0.29, 0.717) is 18.9 Å². The third-order valence-corrected chi connectivity index (χ3v) is 4.26. The van der Waals surface area contributed by atoms with Crippen LogP contribution in [0, 0.1) is 0 Å². The number of hydrogen-bond acceptors (Lipinski definition) is 5. The molecule has 0 unspecified atom stereocenters. The fourth-order valence-electron chi connectivity index (χ4n) is 2.61. The number of aliphatic hydroxyl groups excluding tert-OH is 1. The van der Waals surface area contributed by atoms with Gasteiger partial charge in [-0.15, -0.1) is 0 Å². The largest absolute Gasteiger partial charge is 0.396 e. The monoisotopic (exact) mass is 362 g/mol. The second kappa shape index (κ2) is 7.07. The molecule has 0 spiro atoms. The number of hydrogen-bond donors (Lipinski definition) is 2. The zero-order valence-electron chi connectivity index (χ0n) is 12.3. The first kappa shape index (κ1) is 15.2. The summed E-state index contributed by atoms with van der Waals surface area (Å²) >= 11 is 3.54.